The van der Waals surface area contributed by atoms with Gasteiger partial charge in [0, 0.05) is 12.7 Å². The Kier molecular flexibility index (Phi) is 6.65. The van der Waals surface area contributed by atoms with Crippen LogP contribution in [0.5, 0.6) is 0 Å². The Bertz CT molecular complexity index is 1320. The van der Waals surface area contributed by atoms with E-state index in [1.165, 1.54) is 6.92 Å². The fourth-order valence-corrected chi connectivity index (χ4v) is 6.68. The molecule has 35 heavy (non-hydrogen) atoms. The van der Waals surface area contributed by atoms with Crippen LogP contribution in [0, 0.1) is 0 Å². The molecule has 0 radical (unpaired) electrons. The molecule has 1 fully saturated rings. The first-order chi connectivity index (χ1) is 15.7. The lowest BCUT2D eigenvalue weighted by Crippen LogP contribution is -2.46. The second kappa shape index (κ2) is 8.47. The lowest BCUT2D eigenvalue weighted by atomic mass is 9.95. The van der Waals surface area contributed by atoms with E-state index < -0.39 is 63.1 Å². The van der Waals surface area contributed by atoms with Gasteiger partial charge in [0.2, 0.25) is 9.84 Å². The molecule has 2 atom stereocenters. The average molecular weight is 549 g/mol. The van der Waals surface area contributed by atoms with Crippen molar-refractivity contribution >= 4 is 19.7 Å². The van der Waals surface area contributed by atoms with Gasteiger partial charge in [0.25, 0.3) is 0 Å². The molecule has 2 aromatic rings. The summed E-state index contributed by atoms with van der Waals surface area (Å²) in [6.07, 6.45) is -11.4. The van der Waals surface area contributed by atoms with Crippen LogP contribution in [0.3, 0.4) is 0 Å². The molecule has 3 rings (SSSR count). The summed E-state index contributed by atoms with van der Waals surface area (Å²) >= 11 is 0. The van der Waals surface area contributed by atoms with Gasteiger partial charge in [-0.1, -0.05) is 6.07 Å². The zero-order valence-electron chi connectivity index (χ0n) is 18.7. The highest BCUT2D eigenvalue weighted by atomic mass is 32.2. The number of H-pyrrole nitrogens is 1. The zero-order valence-corrected chi connectivity index (χ0v) is 20.3. The molecule has 2 unspecified atom stereocenters. The lowest BCUT2D eigenvalue weighted by molar-refractivity contribution is -0.153. The fraction of sp³-hybridized carbons (Fsp3) is 0.550. The van der Waals surface area contributed by atoms with Crippen LogP contribution in [0.15, 0.2) is 40.3 Å². The number of hydrogen-bond donors (Lipinski definition) is 1. The molecule has 196 valence electrons. The van der Waals surface area contributed by atoms with E-state index in [0.29, 0.717) is 19.9 Å². The van der Waals surface area contributed by atoms with Crippen LogP contribution < -0.4 is 0 Å². The van der Waals surface area contributed by atoms with Gasteiger partial charge in [-0.05, 0) is 51.8 Å². The highest BCUT2D eigenvalue weighted by molar-refractivity contribution is 7.93. The van der Waals surface area contributed by atoms with E-state index in [4.69, 9.17) is 4.74 Å². The van der Waals surface area contributed by atoms with E-state index in [-0.39, 0.29) is 25.1 Å². The van der Waals surface area contributed by atoms with E-state index in [1.54, 1.807) is 0 Å². The second-order valence-corrected chi connectivity index (χ2v) is 13.9. The average Bonchev–Trinajstić information content (AvgIpc) is 3.23. The first kappa shape index (κ1) is 27.5. The number of nitrogens with one attached hydrogen (secondary N) is 1. The molecule has 1 aromatic heterocycles. The molecule has 1 aliphatic rings. The van der Waals surface area contributed by atoms with Gasteiger partial charge in [0.1, 0.15) is 6.10 Å². The van der Waals surface area contributed by atoms with Crippen molar-refractivity contribution < 1.29 is 47.9 Å². The minimum atomic E-state index is -5.09. The van der Waals surface area contributed by atoms with E-state index in [9.17, 15) is 43.2 Å². The number of benzene rings is 1. The summed E-state index contributed by atoms with van der Waals surface area (Å²) in [4.78, 5) is -0.546. The van der Waals surface area contributed by atoms with Crippen molar-refractivity contribution in [3.05, 3.63) is 41.6 Å². The van der Waals surface area contributed by atoms with Crippen molar-refractivity contribution in [3.63, 3.8) is 0 Å². The Labute approximate surface area is 197 Å². The maximum absolute atomic E-state index is 13.3. The SMILES string of the molecule is CC1(S(=O)(=O)c2cccc(C(F)(F)F)c2)CCOC(c2cc(S(=O)(=O)C(C)(C)C(F)(F)F)n[nH]2)C1. The highest BCUT2D eigenvalue weighted by Crippen LogP contribution is 2.44. The van der Waals surface area contributed by atoms with E-state index in [0.717, 1.165) is 24.3 Å². The second-order valence-electron chi connectivity index (χ2n) is 8.97. The molecule has 1 N–H and O–H groups in total. The maximum Gasteiger partial charge on any atom is 0.416 e. The van der Waals surface area contributed by atoms with E-state index in [2.05, 4.69) is 10.2 Å². The number of rotatable bonds is 5. The molecule has 0 spiro atoms. The van der Waals surface area contributed by atoms with Gasteiger partial charge in [-0.3, -0.25) is 5.10 Å². The van der Waals surface area contributed by atoms with E-state index in [1.807, 2.05) is 0 Å². The predicted molar refractivity (Wildman–Crippen MR) is 111 cm³/mol. The number of ether oxygens (including phenoxy) is 1. The molecule has 0 bridgehead atoms. The Morgan fingerprint density at radius 1 is 1.06 bits per heavy atom. The Balaban J connectivity index is 1.94. The number of alkyl halides is 6. The lowest BCUT2D eigenvalue weighted by Gasteiger charge is -2.37. The van der Waals surface area contributed by atoms with Gasteiger partial charge in [-0.25, -0.2) is 16.8 Å². The van der Waals surface area contributed by atoms with Crippen LogP contribution >= 0.6 is 0 Å². The summed E-state index contributed by atoms with van der Waals surface area (Å²) in [6, 6.07) is 4.13. The predicted octanol–water partition coefficient (Wildman–Crippen LogP) is 4.63. The fourth-order valence-electron chi connectivity index (χ4n) is 3.57. The summed E-state index contributed by atoms with van der Waals surface area (Å²) < 4.78 is 132. The number of hydrogen-bond acceptors (Lipinski definition) is 6. The molecule has 1 aromatic carbocycles. The summed E-state index contributed by atoms with van der Waals surface area (Å²) in [5.74, 6) is 0. The van der Waals surface area contributed by atoms with Crippen LogP contribution in [0.2, 0.25) is 0 Å². The van der Waals surface area contributed by atoms with Crippen molar-refractivity contribution in [1.29, 1.82) is 0 Å². The summed E-state index contributed by atoms with van der Waals surface area (Å²) in [7, 11) is -9.31. The van der Waals surface area contributed by atoms with Gasteiger partial charge in [0.05, 0.1) is 20.9 Å². The van der Waals surface area contributed by atoms with Gasteiger partial charge in [0.15, 0.2) is 19.6 Å². The molecular weight excluding hydrogens is 526 g/mol. The molecule has 15 heteroatoms. The molecule has 2 heterocycles. The van der Waals surface area contributed by atoms with Gasteiger partial charge in [-0.2, -0.15) is 31.4 Å². The van der Waals surface area contributed by atoms with Gasteiger partial charge < -0.3 is 4.74 Å². The monoisotopic (exact) mass is 548 g/mol. The number of aromatic amines is 1. The summed E-state index contributed by atoms with van der Waals surface area (Å²) in [6.45, 7) is 2.15. The number of nitrogens with zero attached hydrogens (tertiary/aromatic N) is 1. The minimum absolute atomic E-state index is 0.0771. The maximum atomic E-state index is 13.3. The van der Waals surface area contributed by atoms with Crippen LogP contribution in [0.1, 0.15) is 51.0 Å². The van der Waals surface area contributed by atoms with Crippen LogP contribution in [0.25, 0.3) is 0 Å². The summed E-state index contributed by atoms with van der Waals surface area (Å²) in [5.41, 5.74) is -1.21. The zero-order chi connectivity index (χ0) is 26.7. The first-order valence-electron chi connectivity index (χ1n) is 10.1. The molecule has 0 amide bonds. The molecule has 7 nitrogen and oxygen atoms in total. The number of sulfone groups is 2. The standard InChI is InChI=1S/C20H22F6N2O5S2/c1-17(2,20(24,25)26)35(31,32)16-10-14(27-28-16)15-11-18(3,7-8-33-15)34(29,30)13-6-4-5-12(9-13)19(21,22)23/h4-6,9-10,15H,7-8,11H2,1-3H3,(H,27,28). The molecule has 0 saturated carbocycles. The Hall–Kier alpha value is -2.13. The van der Waals surface area contributed by atoms with Crippen molar-refractivity contribution in [2.24, 2.45) is 0 Å². The van der Waals surface area contributed by atoms with Gasteiger partial charge >= 0.3 is 12.4 Å². The quantitative estimate of drug-likeness (QED) is 0.547. The highest BCUT2D eigenvalue weighted by Gasteiger charge is 2.58. The topological polar surface area (TPSA) is 106 Å². The molecule has 0 aliphatic carbocycles. The number of halogens is 6. The minimum Gasteiger partial charge on any atom is -0.372 e. The van der Waals surface area contributed by atoms with Crippen molar-refractivity contribution in [3.8, 4) is 0 Å². The normalized spacial score (nSPS) is 22.8. The van der Waals surface area contributed by atoms with E-state index >= 15 is 0 Å². The van der Waals surface area contributed by atoms with Crippen LogP contribution in [-0.4, -0.2) is 49.3 Å². The molecule has 1 saturated heterocycles. The largest absolute Gasteiger partial charge is 0.416 e. The Morgan fingerprint density at radius 2 is 1.69 bits per heavy atom. The van der Waals surface area contributed by atoms with Crippen molar-refractivity contribution in [1.82, 2.24) is 10.2 Å². The summed E-state index contributed by atoms with van der Waals surface area (Å²) in [5, 5.41) is 4.88. The number of aromatic nitrogens is 2. The van der Waals surface area contributed by atoms with Crippen molar-refractivity contribution in [2.75, 3.05) is 6.61 Å². The van der Waals surface area contributed by atoms with Crippen LogP contribution in [0.4, 0.5) is 26.3 Å². The molecule has 1 aliphatic heterocycles. The van der Waals surface area contributed by atoms with Crippen LogP contribution in [-0.2, 0) is 30.6 Å². The van der Waals surface area contributed by atoms with Gasteiger partial charge in [-0.15, -0.1) is 0 Å². The molecular formula is C20H22F6N2O5S2. The third kappa shape index (κ3) is 4.69. The Morgan fingerprint density at radius 3 is 2.26 bits per heavy atom. The third-order valence-electron chi connectivity index (χ3n) is 6.24. The third-order valence-corrected chi connectivity index (χ3v) is 11.1. The van der Waals surface area contributed by atoms with Crippen molar-refractivity contribution in [2.45, 2.75) is 71.5 Å². The smallest absolute Gasteiger partial charge is 0.372 e. The first-order valence-corrected chi connectivity index (χ1v) is 13.1.